The number of phosphoric acid groups is 9. The van der Waals surface area contributed by atoms with E-state index in [0.29, 0.717) is 22.4 Å². The van der Waals surface area contributed by atoms with Crippen LogP contribution in [0.3, 0.4) is 0 Å². The van der Waals surface area contributed by atoms with Gasteiger partial charge < -0.3 is 116 Å². The van der Waals surface area contributed by atoms with Gasteiger partial charge in [0.2, 0.25) is 5.60 Å². The molecule has 544 valence electrons. The minimum absolute atomic E-state index is 0.0116. The number of aliphatic hydroxyl groups is 5. The highest BCUT2D eigenvalue weighted by Crippen LogP contribution is 2.69. The fraction of sp³-hybridized carbons (Fsp3) is 0.410. The molecule has 9 heterocycles. The van der Waals surface area contributed by atoms with Crippen molar-refractivity contribution >= 4 is 104 Å². The first-order valence-corrected chi connectivity index (χ1v) is 39.2. The summed E-state index contributed by atoms with van der Waals surface area (Å²) in [5, 5.41) is 73.8. The van der Waals surface area contributed by atoms with Crippen molar-refractivity contribution in [3.05, 3.63) is 84.3 Å². The number of nitrogen functional groups attached to an aromatic ring is 3. The van der Waals surface area contributed by atoms with Crippen LogP contribution in [0, 0.1) is 23.7 Å². The number of aromatic nitrogens is 7. The van der Waals surface area contributed by atoms with E-state index in [1.165, 1.54) is 58.7 Å². The number of ether oxygens (including phenoxy) is 3. The van der Waals surface area contributed by atoms with Gasteiger partial charge in [-0.15, -0.1) is 6.42 Å². The Kier molecular flexibility index (Phi) is 24.0. The van der Waals surface area contributed by atoms with Crippen LogP contribution in [0.2, 0.25) is 0 Å². The van der Waals surface area contributed by atoms with Crippen LogP contribution in [0.15, 0.2) is 67.3 Å². The fourth-order valence-corrected chi connectivity index (χ4v) is 18.4. The molecule has 6 aromatic rings. The Morgan fingerprint density at radius 3 is 1.29 bits per heavy atom. The highest BCUT2D eigenvalue weighted by Gasteiger charge is 2.61. The molecule has 0 radical (unpaired) electrons. The average Bonchev–Trinajstić information content (AvgIpc) is 1.59. The van der Waals surface area contributed by atoms with E-state index in [-0.39, 0.29) is 28.4 Å². The molecule has 59 heteroatoms. The first kappa shape index (κ1) is 80.6. The molecule has 0 spiro atoms. The number of halogens is 1. The Hall–Kier alpha value is -4.71. The van der Waals surface area contributed by atoms with Crippen LogP contribution in [0.4, 0.5) is 21.6 Å². The van der Waals surface area contributed by atoms with E-state index in [1.54, 1.807) is 24.3 Å². The molecule has 0 bridgehead atoms. The number of phosphoric ester groups is 3. The standard InChI is InChI=1S/C14H18N3O13P3.C13H20N3O13P3.C12H15FN5O12P3/c1-2-14(11-4-3-9-8(15)5-6-16-17(9)11)13(19)12(18)10(28-14)7-27-32(23,24)30-33(25,26)29-31(20,21)22;1-13(10-3-2-8-7(14)4-5-15-16(8)10)12(18)11(17)9(27-13)6-26-31(22,23)29-32(24,25)28-30(19,20)21;13-10-9(19)7(3-27-32(23,24)30-33(25,26)29-31(20,21)22)28-12(10,4-14)8-2-1-6-11(15)16-5-17-18(6)8/h1,3-6,10,12-13,18-19H,7,15H2,(H,23,24)(H,25,26)(H2,20,21,22);2-5,9,11-12,17-18H,6,14H2,1H3,(H,22,23)(H,24,25)(H2,19,20,21);1-2,5,7,9-10,19H,3H2,(H,23,24)(H,25,26)(H2,15,16,17)(H2,20,21,22)/t10-,12-,13-,14+;9-,11-,12-,13+;7-,9-,10-,12+/m111/s1. The van der Waals surface area contributed by atoms with E-state index in [9.17, 15) is 91.5 Å². The summed E-state index contributed by atoms with van der Waals surface area (Å²) in [7, 11) is -50.4. The predicted octanol–water partition coefficient (Wildman–Crippen LogP) is -1.72. The van der Waals surface area contributed by atoms with Crippen molar-refractivity contribution in [2.24, 2.45) is 0 Å². The minimum atomic E-state index is -5.79. The molecule has 3 saturated heterocycles. The number of fused-ring (bicyclic) bond motifs is 3. The number of rotatable bonds is 24. The maximum atomic E-state index is 15.1. The second kappa shape index (κ2) is 29.2. The zero-order valence-corrected chi connectivity index (χ0v) is 56.2. The van der Waals surface area contributed by atoms with Crippen molar-refractivity contribution in [1.29, 1.82) is 5.26 Å². The molecule has 3 aliphatic rings. The second-order valence-corrected chi connectivity index (χ2v) is 33.3. The monoisotopic (exact) mass is 1580 g/mol. The molecule has 0 amide bonds. The van der Waals surface area contributed by atoms with Gasteiger partial charge in [-0.1, -0.05) is 5.92 Å². The van der Waals surface area contributed by atoms with E-state index in [2.05, 4.69) is 65.6 Å². The number of hydrogen-bond donors (Lipinski definition) is 20. The molecule has 0 aromatic carbocycles. The highest BCUT2D eigenvalue weighted by atomic mass is 31.3. The van der Waals surface area contributed by atoms with Crippen LogP contribution in [0.5, 0.6) is 0 Å². The molecular weight excluding hydrogens is 1530 g/mol. The largest absolute Gasteiger partial charge is 0.490 e. The Bertz CT molecular complexity index is 4330. The zero-order chi connectivity index (χ0) is 73.8. The van der Waals surface area contributed by atoms with E-state index >= 15 is 4.39 Å². The zero-order valence-electron chi connectivity index (χ0n) is 48.1. The van der Waals surface area contributed by atoms with Gasteiger partial charge in [-0.2, -0.15) is 46.4 Å². The van der Waals surface area contributed by atoms with Crippen LogP contribution in [-0.4, -0.2) is 193 Å². The molecule has 49 nitrogen and oxygen atoms in total. The van der Waals surface area contributed by atoms with Gasteiger partial charge in [-0.25, -0.2) is 64.0 Å². The first-order valence-electron chi connectivity index (χ1n) is 25.6. The lowest BCUT2D eigenvalue weighted by molar-refractivity contribution is -0.0882. The van der Waals surface area contributed by atoms with Crippen LogP contribution >= 0.6 is 70.4 Å². The van der Waals surface area contributed by atoms with E-state index in [0.717, 1.165) is 10.8 Å². The van der Waals surface area contributed by atoms with Crippen molar-refractivity contribution < 1.29 is 183 Å². The van der Waals surface area contributed by atoms with Gasteiger partial charge in [0.05, 0.1) is 59.3 Å². The number of aliphatic hydroxyl groups excluding tert-OH is 5. The van der Waals surface area contributed by atoms with Crippen molar-refractivity contribution in [1.82, 2.24) is 33.8 Å². The SMILES string of the molecule is C#C[C@@]1(c2ccc3c(N)ccnn23)O[C@H](COP(=O)(O)OP(=O)(O)OP(=O)(O)O)[C@@H](O)[C@H]1O.C[C@@]1(c2ccc3c(N)ccnn23)O[C@H](COP(=O)(O)OP(=O)(O)OP(=O)(O)O)[C@@H](O)[C@H]1O.N#C[C@@]1(c2ccc3c(N)ncnn23)O[C@H](COP(=O)(O)OP(=O)(O)OP(=O)(O)O)[C@@H](O)[C@H]1F. The smallest absolute Gasteiger partial charge is 0.397 e. The normalized spacial score (nSPS) is 29.7. The maximum absolute atomic E-state index is 15.1. The Balaban J connectivity index is 0.000000207. The lowest BCUT2D eigenvalue weighted by Gasteiger charge is -2.27. The molecule has 18 atom stereocenters. The van der Waals surface area contributed by atoms with Crippen LogP contribution < -0.4 is 17.2 Å². The van der Waals surface area contributed by atoms with E-state index in [1.807, 2.05) is 0 Å². The molecule has 6 unspecified atom stereocenters. The van der Waals surface area contributed by atoms with Gasteiger partial charge >= 0.3 is 70.4 Å². The third-order valence-corrected chi connectivity index (χ3v) is 24.7. The Morgan fingerprint density at radius 1 is 0.510 bits per heavy atom. The quantitative estimate of drug-likeness (QED) is 0.0237. The highest BCUT2D eigenvalue weighted by molar-refractivity contribution is 7.67. The second-order valence-electron chi connectivity index (χ2n) is 20.0. The van der Waals surface area contributed by atoms with Crippen molar-refractivity contribution in [2.45, 2.75) is 78.7 Å². The number of alkyl halides is 1. The summed E-state index contributed by atoms with van der Waals surface area (Å²) in [6, 6.07) is 13.3. The van der Waals surface area contributed by atoms with Crippen molar-refractivity contribution in [2.75, 3.05) is 37.0 Å². The summed E-state index contributed by atoms with van der Waals surface area (Å²) in [6.45, 7) is -1.71. The minimum Gasteiger partial charge on any atom is -0.397 e. The lowest BCUT2D eigenvalue weighted by atomic mass is 9.92. The van der Waals surface area contributed by atoms with Crippen LogP contribution in [0.25, 0.3) is 16.6 Å². The third-order valence-electron chi connectivity index (χ3n) is 13.3. The van der Waals surface area contributed by atoms with Gasteiger partial charge in [0, 0.05) is 12.4 Å². The molecule has 98 heavy (non-hydrogen) atoms. The summed E-state index contributed by atoms with van der Waals surface area (Å²) in [6.07, 6.45) is -6.82. The van der Waals surface area contributed by atoms with E-state index in [4.69, 9.17) is 77.0 Å². The summed E-state index contributed by atoms with van der Waals surface area (Å²) in [5.41, 5.74) is 13.3. The summed E-state index contributed by atoms with van der Waals surface area (Å²) in [5.74, 6) is 2.21. The topological polar surface area (TPSA) is 775 Å². The summed E-state index contributed by atoms with van der Waals surface area (Å²) in [4.78, 5) is 111. The van der Waals surface area contributed by atoms with Crippen molar-refractivity contribution in [3.8, 4) is 18.4 Å². The molecule has 6 aromatic heterocycles. The first-order chi connectivity index (χ1) is 44.8. The van der Waals surface area contributed by atoms with Gasteiger partial charge in [0.25, 0.3) is 0 Å². The third kappa shape index (κ3) is 18.7. The Labute approximate surface area is 543 Å². The number of anilines is 3. The predicted molar refractivity (Wildman–Crippen MR) is 311 cm³/mol. The Morgan fingerprint density at radius 2 is 0.867 bits per heavy atom. The molecular formula is C39H53FN11O38P9. The van der Waals surface area contributed by atoms with E-state index < -0.39 is 162 Å². The molecule has 0 saturated carbocycles. The number of nitrogens with zero attached hydrogens (tertiary/aromatic N) is 8. The van der Waals surface area contributed by atoms with Gasteiger partial charge in [0.1, 0.15) is 72.3 Å². The fourth-order valence-electron chi connectivity index (χ4n) is 9.35. The average molecular weight is 1580 g/mol. The molecule has 23 N–H and O–H groups in total. The van der Waals surface area contributed by atoms with Gasteiger partial charge in [-0.3, -0.25) is 13.6 Å². The van der Waals surface area contributed by atoms with Gasteiger partial charge in [0.15, 0.2) is 17.6 Å². The van der Waals surface area contributed by atoms with Crippen LogP contribution in [-0.2, 0) is 112 Å². The summed E-state index contributed by atoms with van der Waals surface area (Å²) >= 11 is 0. The molecule has 3 fully saturated rings. The maximum Gasteiger partial charge on any atom is 0.490 e. The van der Waals surface area contributed by atoms with Crippen molar-refractivity contribution in [3.63, 3.8) is 0 Å². The molecule has 0 aliphatic carbocycles. The number of terminal acetylenes is 1. The number of nitriles is 1. The summed E-state index contributed by atoms with van der Waals surface area (Å²) < 4.78 is 172. The number of hydrogen-bond acceptors (Lipinski definition) is 34. The molecule has 3 aliphatic heterocycles. The molecule has 9 rings (SSSR count). The van der Waals surface area contributed by atoms with Crippen LogP contribution in [0.1, 0.15) is 24.0 Å². The number of nitrogens with two attached hydrogens (primary N) is 3. The van der Waals surface area contributed by atoms with Gasteiger partial charge in [-0.05, 0) is 55.5 Å². The lowest BCUT2D eigenvalue weighted by Crippen LogP contribution is -2.41.